The molecule has 0 aromatic heterocycles. The van der Waals surface area contributed by atoms with Gasteiger partial charge in [-0.2, -0.15) is 0 Å². The second-order valence-corrected chi connectivity index (χ2v) is 6.22. The van der Waals surface area contributed by atoms with Gasteiger partial charge in [-0.25, -0.2) is 0 Å². The lowest BCUT2D eigenvalue weighted by Crippen LogP contribution is -2.41. The van der Waals surface area contributed by atoms with Gasteiger partial charge in [0, 0.05) is 26.2 Å². The zero-order valence-corrected chi connectivity index (χ0v) is 14.3. The van der Waals surface area contributed by atoms with Gasteiger partial charge in [0.25, 0.3) is 0 Å². The van der Waals surface area contributed by atoms with E-state index in [0.717, 1.165) is 12.1 Å². The Kier molecular flexibility index (Phi) is 6.36. The molecule has 2 aromatic rings. The molecule has 0 aliphatic carbocycles. The largest absolute Gasteiger partial charge is 0.340 e. The number of carbonyl (C=O) groups excluding carboxylic acids is 1. The summed E-state index contributed by atoms with van der Waals surface area (Å²) < 4.78 is 0. The maximum absolute atomic E-state index is 12.5. The van der Waals surface area contributed by atoms with E-state index in [-0.39, 0.29) is 5.91 Å². The van der Waals surface area contributed by atoms with Crippen LogP contribution in [0.4, 0.5) is 0 Å². The molecule has 1 amide bonds. The minimum Gasteiger partial charge on any atom is -0.340 e. The van der Waals surface area contributed by atoms with E-state index in [4.69, 9.17) is 0 Å². The Morgan fingerprint density at radius 3 is 1.83 bits per heavy atom. The summed E-state index contributed by atoms with van der Waals surface area (Å²) in [5.74, 6) is 0.151. The molecule has 0 fully saturated rings. The number of benzene rings is 2. The van der Waals surface area contributed by atoms with E-state index in [1.807, 2.05) is 55.6 Å². The van der Waals surface area contributed by atoms with Crippen LogP contribution in [0.15, 0.2) is 60.7 Å². The van der Waals surface area contributed by atoms with Crippen molar-refractivity contribution < 1.29 is 4.79 Å². The molecule has 0 bridgehead atoms. The van der Waals surface area contributed by atoms with Crippen molar-refractivity contribution in [2.45, 2.75) is 33.0 Å². The number of carbonyl (C=O) groups is 1. The Labute approximate surface area is 139 Å². The highest BCUT2D eigenvalue weighted by molar-refractivity contribution is 5.78. The van der Waals surface area contributed by atoms with Gasteiger partial charge >= 0.3 is 0 Å². The van der Waals surface area contributed by atoms with Crippen LogP contribution in [-0.4, -0.2) is 35.3 Å². The molecule has 0 atom stereocenters. The van der Waals surface area contributed by atoms with Crippen molar-refractivity contribution in [1.82, 2.24) is 9.80 Å². The number of amides is 1. The molecule has 0 saturated heterocycles. The van der Waals surface area contributed by atoms with Crippen LogP contribution >= 0.6 is 0 Å². The van der Waals surface area contributed by atoms with Gasteiger partial charge in [0.2, 0.25) is 5.91 Å². The summed E-state index contributed by atoms with van der Waals surface area (Å²) in [6.07, 6.45) is 0. The highest BCUT2D eigenvalue weighted by atomic mass is 16.2. The minimum atomic E-state index is 0.151. The minimum absolute atomic E-state index is 0.151. The van der Waals surface area contributed by atoms with Gasteiger partial charge < -0.3 is 4.90 Å². The first-order chi connectivity index (χ1) is 11.1. The predicted molar refractivity (Wildman–Crippen MR) is 94.9 cm³/mol. The average molecular weight is 310 g/mol. The monoisotopic (exact) mass is 310 g/mol. The standard InChI is InChI=1S/C20H26N2O/c1-17(2)22(15-19-12-8-5-9-13-19)16-20(23)21(3)14-18-10-6-4-7-11-18/h4-13,17H,14-16H2,1-3H3. The quantitative estimate of drug-likeness (QED) is 0.781. The van der Waals surface area contributed by atoms with Crippen molar-refractivity contribution in [3.63, 3.8) is 0 Å². The summed E-state index contributed by atoms with van der Waals surface area (Å²) in [4.78, 5) is 16.5. The SMILES string of the molecule is CC(C)N(CC(=O)N(C)Cc1ccccc1)Cc1ccccc1. The van der Waals surface area contributed by atoms with Crippen LogP contribution in [0.2, 0.25) is 0 Å². The number of hydrogen-bond donors (Lipinski definition) is 0. The van der Waals surface area contributed by atoms with Gasteiger partial charge in [-0.1, -0.05) is 60.7 Å². The lowest BCUT2D eigenvalue weighted by Gasteiger charge is -2.28. The van der Waals surface area contributed by atoms with Crippen LogP contribution in [0.3, 0.4) is 0 Å². The molecule has 0 spiro atoms. The van der Waals surface area contributed by atoms with Crippen molar-refractivity contribution >= 4 is 5.91 Å². The first-order valence-corrected chi connectivity index (χ1v) is 8.12. The molecule has 2 rings (SSSR count). The summed E-state index contributed by atoms with van der Waals surface area (Å²) in [5.41, 5.74) is 2.39. The van der Waals surface area contributed by atoms with Gasteiger partial charge in [-0.3, -0.25) is 9.69 Å². The Morgan fingerprint density at radius 2 is 1.35 bits per heavy atom. The van der Waals surface area contributed by atoms with E-state index in [1.54, 1.807) is 4.90 Å². The normalized spacial score (nSPS) is 11.0. The molecular weight excluding hydrogens is 284 g/mol. The molecule has 0 saturated carbocycles. The third-order valence-electron chi connectivity index (χ3n) is 3.99. The van der Waals surface area contributed by atoms with E-state index in [1.165, 1.54) is 5.56 Å². The number of nitrogens with zero attached hydrogens (tertiary/aromatic N) is 2. The lowest BCUT2D eigenvalue weighted by atomic mass is 10.2. The molecular formula is C20H26N2O. The second-order valence-electron chi connectivity index (χ2n) is 6.22. The highest BCUT2D eigenvalue weighted by Crippen LogP contribution is 2.09. The van der Waals surface area contributed by atoms with Crippen LogP contribution in [0.5, 0.6) is 0 Å². The molecule has 122 valence electrons. The fraction of sp³-hybridized carbons (Fsp3) is 0.350. The maximum atomic E-state index is 12.5. The van der Waals surface area contributed by atoms with Crippen LogP contribution in [0, 0.1) is 0 Å². The molecule has 0 radical (unpaired) electrons. The molecule has 0 aliphatic heterocycles. The van der Waals surface area contributed by atoms with E-state index >= 15 is 0 Å². The molecule has 0 heterocycles. The third kappa shape index (κ3) is 5.53. The summed E-state index contributed by atoms with van der Waals surface area (Å²) in [6.45, 7) is 6.15. The van der Waals surface area contributed by atoms with E-state index in [9.17, 15) is 4.79 Å². The first-order valence-electron chi connectivity index (χ1n) is 8.12. The van der Waals surface area contributed by atoms with Gasteiger partial charge in [0.05, 0.1) is 6.54 Å². The number of likely N-dealkylation sites (N-methyl/N-ethyl adjacent to an activating group) is 1. The molecule has 2 aromatic carbocycles. The molecule has 23 heavy (non-hydrogen) atoms. The molecule has 0 aliphatic rings. The predicted octanol–water partition coefficient (Wildman–Crippen LogP) is 3.56. The third-order valence-corrected chi connectivity index (χ3v) is 3.99. The first kappa shape index (κ1) is 17.2. The summed E-state index contributed by atoms with van der Waals surface area (Å²) in [6, 6.07) is 20.7. The van der Waals surface area contributed by atoms with Crippen LogP contribution in [-0.2, 0) is 17.9 Å². The van der Waals surface area contributed by atoms with Crippen LogP contribution < -0.4 is 0 Å². The van der Waals surface area contributed by atoms with Gasteiger partial charge in [0.15, 0.2) is 0 Å². The Morgan fingerprint density at radius 1 is 0.870 bits per heavy atom. The zero-order valence-electron chi connectivity index (χ0n) is 14.3. The van der Waals surface area contributed by atoms with Crippen molar-refractivity contribution in [1.29, 1.82) is 0 Å². The fourth-order valence-electron chi connectivity index (χ4n) is 2.48. The van der Waals surface area contributed by atoms with Crippen molar-refractivity contribution in [2.75, 3.05) is 13.6 Å². The van der Waals surface area contributed by atoms with Gasteiger partial charge in [-0.05, 0) is 25.0 Å². The summed E-state index contributed by atoms with van der Waals surface area (Å²) in [7, 11) is 1.87. The second kappa shape index (κ2) is 8.49. The highest BCUT2D eigenvalue weighted by Gasteiger charge is 2.17. The van der Waals surface area contributed by atoms with Crippen LogP contribution in [0.25, 0.3) is 0 Å². The summed E-state index contributed by atoms with van der Waals surface area (Å²) >= 11 is 0. The summed E-state index contributed by atoms with van der Waals surface area (Å²) in [5, 5.41) is 0. The van der Waals surface area contributed by atoms with Gasteiger partial charge in [0.1, 0.15) is 0 Å². The zero-order chi connectivity index (χ0) is 16.7. The van der Waals surface area contributed by atoms with E-state index in [2.05, 4.69) is 30.9 Å². The van der Waals surface area contributed by atoms with Crippen molar-refractivity contribution in [3.8, 4) is 0 Å². The smallest absolute Gasteiger partial charge is 0.236 e. The van der Waals surface area contributed by atoms with Crippen LogP contribution in [0.1, 0.15) is 25.0 Å². The topological polar surface area (TPSA) is 23.6 Å². The molecule has 0 unspecified atom stereocenters. The Balaban J connectivity index is 1.94. The van der Waals surface area contributed by atoms with Crippen molar-refractivity contribution in [2.24, 2.45) is 0 Å². The molecule has 3 nitrogen and oxygen atoms in total. The van der Waals surface area contributed by atoms with E-state index < -0.39 is 0 Å². The molecule has 3 heteroatoms. The van der Waals surface area contributed by atoms with Gasteiger partial charge in [-0.15, -0.1) is 0 Å². The fourth-order valence-corrected chi connectivity index (χ4v) is 2.48. The number of hydrogen-bond acceptors (Lipinski definition) is 2. The lowest BCUT2D eigenvalue weighted by molar-refractivity contribution is -0.132. The Hall–Kier alpha value is -2.13. The Bertz CT molecular complexity index is 596. The van der Waals surface area contributed by atoms with E-state index in [0.29, 0.717) is 19.1 Å². The molecule has 0 N–H and O–H groups in total. The average Bonchev–Trinajstić information content (AvgIpc) is 2.56. The van der Waals surface area contributed by atoms with Crippen molar-refractivity contribution in [3.05, 3.63) is 71.8 Å². The maximum Gasteiger partial charge on any atom is 0.236 e. The number of rotatable bonds is 7.